The van der Waals surface area contributed by atoms with Crippen molar-refractivity contribution in [2.45, 2.75) is 12.2 Å². The first-order valence-corrected chi connectivity index (χ1v) is 5.91. The molecule has 0 aliphatic carbocycles. The number of amides is 1. The highest BCUT2D eigenvalue weighted by molar-refractivity contribution is 5.96. The van der Waals surface area contributed by atoms with Crippen LogP contribution in [0, 0.1) is 0 Å². The molecule has 1 aliphatic rings. The van der Waals surface area contributed by atoms with Gasteiger partial charge in [-0.15, -0.1) is 0 Å². The number of epoxide rings is 1. The Morgan fingerprint density at radius 1 is 0.944 bits per heavy atom. The Kier molecular flexibility index (Phi) is 2.82. The Balaban J connectivity index is 1.63. The Labute approximate surface area is 105 Å². The van der Waals surface area contributed by atoms with Crippen molar-refractivity contribution < 1.29 is 9.53 Å². The third-order valence-electron chi connectivity index (χ3n) is 2.92. The second-order valence-corrected chi connectivity index (χ2v) is 4.24. The Morgan fingerprint density at radius 3 is 2.22 bits per heavy atom. The van der Waals surface area contributed by atoms with Crippen LogP contribution in [-0.4, -0.2) is 12.0 Å². The molecule has 0 bridgehead atoms. The van der Waals surface area contributed by atoms with E-state index >= 15 is 0 Å². The molecule has 2 aromatic carbocycles. The van der Waals surface area contributed by atoms with Gasteiger partial charge in [0.2, 0.25) is 0 Å². The van der Waals surface area contributed by atoms with E-state index in [9.17, 15) is 4.79 Å². The van der Waals surface area contributed by atoms with E-state index in [0.717, 1.165) is 11.3 Å². The first-order valence-electron chi connectivity index (χ1n) is 5.91. The molecular weight excluding hydrogens is 226 g/mol. The fourth-order valence-corrected chi connectivity index (χ4v) is 1.94. The van der Waals surface area contributed by atoms with Crippen LogP contribution in [0.25, 0.3) is 0 Å². The molecule has 1 heterocycles. The molecule has 90 valence electrons. The normalized spacial score (nSPS) is 21.3. The van der Waals surface area contributed by atoms with Crippen LogP contribution < -0.4 is 5.32 Å². The van der Waals surface area contributed by atoms with Crippen molar-refractivity contribution in [2.75, 3.05) is 5.32 Å². The summed E-state index contributed by atoms with van der Waals surface area (Å²) in [4.78, 5) is 11.9. The first-order chi connectivity index (χ1) is 8.84. The minimum absolute atomic E-state index is 0.0879. The minimum atomic E-state index is -0.368. The zero-order valence-electron chi connectivity index (χ0n) is 9.74. The zero-order chi connectivity index (χ0) is 12.4. The maximum atomic E-state index is 11.9. The number of carbonyl (C=O) groups excluding carboxylic acids is 1. The number of anilines is 1. The van der Waals surface area contributed by atoms with Gasteiger partial charge in [0, 0.05) is 5.69 Å². The molecule has 3 rings (SSSR count). The van der Waals surface area contributed by atoms with Gasteiger partial charge in [0.1, 0.15) is 6.10 Å². The number of carbonyl (C=O) groups is 1. The molecule has 1 N–H and O–H groups in total. The van der Waals surface area contributed by atoms with Crippen molar-refractivity contribution >= 4 is 11.6 Å². The molecule has 1 amide bonds. The Bertz CT molecular complexity index is 539. The van der Waals surface area contributed by atoms with Crippen molar-refractivity contribution in [1.29, 1.82) is 0 Å². The van der Waals surface area contributed by atoms with E-state index < -0.39 is 0 Å². The van der Waals surface area contributed by atoms with Gasteiger partial charge in [-0.05, 0) is 17.7 Å². The predicted molar refractivity (Wildman–Crippen MR) is 69.1 cm³/mol. The van der Waals surface area contributed by atoms with Crippen molar-refractivity contribution in [3.63, 3.8) is 0 Å². The highest BCUT2D eigenvalue weighted by atomic mass is 16.6. The standard InChI is InChI=1S/C15H13NO2/c17-15(16-12-9-5-2-6-10-12)14-13(18-14)11-7-3-1-4-8-11/h1-10,13-14H,(H,16,17)/t13-,14+/m1/s1. The highest BCUT2D eigenvalue weighted by Gasteiger charge is 2.45. The van der Waals surface area contributed by atoms with Crippen LogP contribution in [-0.2, 0) is 9.53 Å². The number of para-hydroxylation sites is 1. The van der Waals surface area contributed by atoms with Crippen molar-refractivity contribution in [3.8, 4) is 0 Å². The fourth-order valence-electron chi connectivity index (χ4n) is 1.94. The predicted octanol–water partition coefficient (Wildman–Crippen LogP) is 2.77. The lowest BCUT2D eigenvalue weighted by Gasteiger charge is -2.01. The van der Waals surface area contributed by atoms with E-state index in [-0.39, 0.29) is 18.1 Å². The number of hydrogen-bond donors (Lipinski definition) is 1. The smallest absolute Gasteiger partial charge is 0.256 e. The van der Waals surface area contributed by atoms with Crippen molar-refractivity contribution in [2.24, 2.45) is 0 Å². The minimum Gasteiger partial charge on any atom is -0.354 e. The lowest BCUT2D eigenvalue weighted by Crippen LogP contribution is -2.18. The molecule has 1 aliphatic heterocycles. The summed E-state index contributed by atoms with van der Waals surface area (Å²) >= 11 is 0. The van der Waals surface area contributed by atoms with E-state index in [0.29, 0.717) is 0 Å². The molecule has 0 saturated carbocycles. The molecule has 3 nitrogen and oxygen atoms in total. The first kappa shape index (κ1) is 11.0. The van der Waals surface area contributed by atoms with Gasteiger partial charge in [0.05, 0.1) is 0 Å². The third-order valence-corrected chi connectivity index (χ3v) is 2.92. The lowest BCUT2D eigenvalue weighted by atomic mass is 10.1. The SMILES string of the molecule is O=C(Nc1ccccc1)[C@H]1O[C@@H]1c1ccccc1. The van der Waals surface area contributed by atoms with Gasteiger partial charge in [0.25, 0.3) is 5.91 Å². The molecular formula is C15H13NO2. The summed E-state index contributed by atoms with van der Waals surface area (Å²) in [5.74, 6) is -0.0879. The van der Waals surface area contributed by atoms with Crippen LogP contribution in [0.4, 0.5) is 5.69 Å². The topological polar surface area (TPSA) is 41.6 Å². The Morgan fingerprint density at radius 2 is 1.56 bits per heavy atom. The zero-order valence-corrected chi connectivity index (χ0v) is 9.74. The summed E-state index contributed by atoms with van der Waals surface area (Å²) in [5, 5.41) is 2.84. The maximum Gasteiger partial charge on any atom is 0.256 e. The summed E-state index contributed by atoms with van der Waals surface area (Å²) in [6.07, 6.45) is -0.470. The van der Waals surface area contributed by atoms with Crippen LogP contribution in [0.2, 0.25) is 0 Å². The van der Waals surface area contributed by atoms with Gasteiger partial charge in [-0.2, -0.15) is 0 Å². The second kappa shape index (κ2) is 4.63. The molecule has 0 unspecified atom stereocenters. The number of hydrogen-bond acceptors (Lipinski definition) is 2. The number of nitrogens with one attached hydrogen (secondary N) is 1. The van der Waals surface area contributed by atoms with Crippen LogP contribution in [0.3, 0.4) is 0 Å². The molecule has 0 radical (unpaired) electrons. The van der Waals surface area contributed by atoms with Gasteiger partial charge in [-0.25, -0.2) is 0 Å². The van der Waals surface area contributed by atoms with E-state index in [1.165, 1.54) is 0 Å². The lowest BCUT2D eigenvalue weighted by molar-refractivity contribution is -0.117. The van der Waals surface area contributed by atoms with Gasteiger partial charge in [-0.3, -0.25) is 4.79 Å². The molecule has 2 aromatic rings. The summed E-state index contributed by atoms with van der Waals surface area (Å²) < 4.78 is 5.42. The van der Waals surface area contributed by atoms with Gasteiger partial charge >= 0.3 is 0 Å². The monoisotopic (exact) mass is 239 g/mol. The van der Waals surface area contributed by atoms with E-state index in [4.69, 9.17) is 4.74 Å². The third kappa shape index (κ3) is 2.26. The van der Waals surface area contributed by atoms with E-state index in [2.05, 4.69) is 5.32 Å². The number of benzene rings is 2. The largest absolute Gasteiger partial charge is 0.354 e. The van der Waals surface area contributed by atoms with E-state index in [1.807, 2.05) is 60.7 Å². The quantitative estimate of drug-likeness (QED) is 0.837. The summed E-state index contributed by atoms with van der Waals surface area (Å²) in [7, 11) is 0. The molecule has 2 atom stereocenters. The molecule has 0 aromatic heterocycles. The van der Waals surface area contributed by atoms with Crippen LogP contribution >= 0.6 is 0 Å². The van der Waals surface area contributed by atoms with Gasteiger partial charge < -0.3 is 10.1 Å². The molecule has 0 spiro atoms. The summed E-state index contributed by atoms with van der Waals surface area (Å²) in [5.41, 5.74) is 1.84. The summed E-state index contributed by atoms with van der Waals surface area (Å²) in [6.45, 7) is 0. The second-order valence-electron chi connectivity index (χ2n) is 4.24. The molecule has 1 saturated heterocycles. The van der Waals surface area contributed by atoms with Crippen LogP contribution in [0.1, 0.15) is 11.7 Å². The average molecular weight is 239 g/mol. The average Bonchev–Trinajstić information content (AvgIpc) is 3.21. The fraction of sp³-hybridized carbons (Fsp3) is 0.133. The van der Waals surface area contributed by atoms with Gasteiger partial charge in [0.15, 0.2) is 6.10 Å². The van der Waals surface area contributed by atoms with E-state index in [1.54, 1.807) is 0 Å². The number of rotatable bonds is 3. The van der Waals surface area contributed by atoms with Crippen molar-refractivity contribution in [1.82, 2.24) is 0 Å². The maximum absolute atomic E-state index is 11.9. The molecule has 3 heteroatoms. The summed E-state index contributed by atoms with van der Waals surface area (Å²) in [6, 6.07) is 19.2. The number of ether oxygens (including phenoxy) is 1. The molecule has 18 heavy (non-hydrogen) atoms. The van der Waals surface area contributed by atoms with Gasteiger partial charge in [-0.1, -0.05) is 48.5 Å². The highest BCUT2D eigenvalue weighted by Crippen LogP contribution is 2.39. The molecule has 1 fully saturated rings. The Hall–Kier alpha value is -2.13. The van der Waals surface area contributed by atoms with Crippen molar-refractivity contribution in [3.05, 3.63) is 66.2 Å². The van der Waals surface area contributed by atoms with Crippen LogP contribution in [0.15, 0.2) is 60.7 Å². The van der Waals surface area contributed by atoms with Crippen LogP contribution in [0.5, 0.6) is 0 Å².